The molecule has 0 aliphatic carbocycles. The van der Waals surface area contributed by atoms with E-state index in [1.54, 1.807) is 0 Å². The fourth-order valence-electron chi connectivity index (χ4n) is 2.31. The molecule has 1 atom stereocenters. The molecule has 0 bridgehead atoms. The van der Waals surface area contributed by atoms with Crippen molar-refractivity contribution in [1.82, 2.24) is 5.32 Å². The number of hydrogen-bond acceptors (Lipinski definition) is 4. The summed E-state index contributed by atoms with van der Waals surface area (Å²) in [6, 6.07) is 5.38. The van der Waals surface area contributed by atoms with Crippen molar-refractivity contribution >= 4 is 46.4 Å². The Balaban J connectivity index is 2.17. The maximum absolute atomic E-state index is 12.4. The molecule has 1 saturated heterocycles. The van der Waals surface area contributed by atoms with Crippen molar-refractivity contribution in [2.45, 2.75) is 9.96 Å². The summed E-state index contributed by atoms with van der Waals surface area (Å²) in [5.74, 6) is -0.538. The third kappa shape index (κ3) is 4.92. The SMILES string of the molecule is O=C(N[C@@H]([NH+]1CCOCC1)C(Cl)(Cl)Cl)c1cccc([N+](=O)[O-])c1. The van der Waals surface area contributed by atoms with Gasteiger partial charge in [0.05, 0.1) is 18.1 Å². The summed E-state index contributed by atoms with van der Waals surface area (Å²) in [7, 11) is 0. The van der Waals surface area contributed by atoms with Crippen molar-refractivity contribution in [1.29, 1.82) is 0 Å². The van der Waals surface area contributed by atoms with E-state index in [1.807, 2.05) is 0 Å². The lowest BCUT2D eigenvalue weighted by molar-refractivity contribution is -0.934. The fraction of sp³-hybridized carbons (Fsp3) is 0.462. The number of benzene rings is 1. The molecule has 23 heavy (non-hydrogen) atoms. The van der Waals surface area contributed by atoms with Gasteiger partial charge in [-0.05, 0) is 6.07 Å². The van der Waals surface area contributed by atoms with Gasteiger partial charge in [-0.3, -0.25) is 20.2 Å². The molecule has 0 unspecified atom stereocenters. The summed E-state index contributed by atoms with van der Waals surface area (Å²) in [4.78, 5) is 23.5. The molecule has 2 rings (SSSR count). The molecular formula is C13H15Cl3N3O4+. The maximum Gasteiger partial charge on any atom is 0.270 e. The fourth-order valence-corrected chi connectivity index (χ4v) is 2.94. The van der Waals surface area contributed by atoms with Crippen LogP contribution in [0.5, 0.6) is 0 Å². The van der Waals surface area contributed by atoms with Crippen LogP contribution in [0.25, 0.3) is 0 Å². The molecule has 1 aromatic carbocycles. The number of nitrogens with one attached hydrogen (secondary N) is 2. The van der Waals surface area contributed by atoms with Crippen molar-refractivity contribution in [2.24, 2.45) is 0 Å². The Morgan fingerprint density at radius 1 is 1.35 bits per heavy atom. The number of hydrogen-bond donors (Lipinski definition) is 2. The first-order valence-electron chi connectivity index (χ1n) is 6.83. The highest BCUT2D eigenvalue weighted by Gasteiger charge is 2.43. The summed E-state index contributed by atoms with van der Waals surface area (Å²) in [6.45, 7) is 2.15. The zero-order valence-electron chi connectivity index (χ0n) is 11.9. The quantitative estimate of drug-likeness (QED) is 0.460. The number of morpholine rings is 1. The lowest BCUT2D eigenvalue weighted by Gasteiger charge is -2.35. The van der Waals surface area contributed by atoms with Crippen LogP contribution in [0.3, 0.4) is 0 Å². The van der Waals surface area contributed by atoms with E-state index in [-0.39, 0.29) is 11.3 Å². The lowest BCUT2D eigenvalue weighted by atomic mass is 10.2. The molecule has 0 radical (unpaired) electrons. The zero-order valence-corrected chi connectivity index (χ0v) is 14.2. The summed E-state index contributed by atoms with van der Waals surface area (Å²) in [5.41, 5.74) is -0.0482. The molecule has 1 aliphatic rings. The Bertz CT molecular complexity index is 588. The first-order valence-corrected chi connectivity index (χ1v) is 7.97. The minimum Gasteiger partial charge on any atom is -0.370 e. The molecule has 10 heteroatoms. The standard InChI is InChI=1S/C13H14Cl3N3O4/c14-13(15,16)12(18-4-6-23-7-5-18)17-11(20)9-2-1-3-10(8-9)19(21)22/h1-3,8,12H,4-7H2,(H,17,20)/p+1/t12-/m0/s1. The van der Waals surface area contributed by atoms with E-state index in [0.717, 1.165) is 4.90 Å². The van der Waals surface area contributed by atoms with Crippen LogP contribution in [0.15, 0.2) is 24.3 Å². The highest BCUT2D eigenvalue weighted by molar-refractivity contribution is 6.68. The van der Waals surface area contributed by atoms with Crippen molar-refractivity contribution in [3.05, 3.63) is 39.9 Å². The summed E-state index contributed by atoms with van der Waals surface area (Å²) in [6.07, 6.45) is -0.789. The van der Waals surface area contributed by atoms with Crippen LogP contribution in [0.2, 0.25) is 0 Å². The molecule has 1 fully saturated rings. The van der Waals surface area contributed by atoms with Crippen LogP contribution < -0.4 is 10.2 Å². The Labute approximate surface area is 147 Å². The van der Waals surface area contributed by atoms with Crippen molar-refractivity contribution in [3.63, 3.8) is 0 Å². The second-order valence-electron chi connectivity index (χ2n) is 5.03. The normalized spacial score (nSPS) is 17.5. The second-order valence-corrected chi connectivity index (χ2v) is 7.40. The number of amides is 1. The number of non-ortho nitro benzene ring substituents is 1. The Morgan fingerprint density at radius 2 is 2.00 bits per heavy atom. The number of halogens is 3. The van der Waals surface area contributed by atoms with E-state index in [4.69, 9.17) is 39.5 Å². The summed E-state index contributed by atoms with van der Waals surface area (Å²) in [5, 5.41) is 13.5. The maximum atomic E-state index is 12.4. The van der Waals surface area contributed by atoms with E-state index < -0.39 is 20.8 Å². The molecule has 1 aliphatic heterocycles. The van der Waals surface area contributed by atoms with E-state index >= 15 is 0 Å². The number of alkyl halides is 3. The monoisotopic (exact) mass is 382 g/mol. The van der Waals surface area contributed by atoms with Gasteiger partial charge in [0.25, 0.3) is 15.4 Å². The van der Waals surface area contributed by atoms with Gasteiger partial charge in [0.2, 0.25) is 6.17 Å². The number of carbonyl (C=O) groups is 1. The Kier molecular flexibility index (Phi) is 6.05. The topological polar surface area (TPSA) is 85.9 Å². The molecule has 1 heterocycles. The van der Waals surface area contributed by atoms with Gasteiger partial charge < -0.3 is 9.64 Å². The highest BCUT2D eigenvalue weighted by atomic mass is 35.6. The summed E-state index contributed by atoms with van der Waals surface area (Å²) < 4.78 is 3.54. The third-order valence-corrected chi connectivity index (χ3v) is 4.12. The van der Waals surface area contributed by atoms with Crippen LogP contribution in [0.4, 0.5) is 5.69 Å². The average Bonchev–Trinajstić information content (AvgIpc) is 2.52. The smallest absolute Gasteiger partial charge is 0.270 e. The van der Waals surface area contributed by atoms with Gasteiger partial charge in [-0.1, -0.05) is 40.9 Å². The van der Waals surface area contributed by atoms with Crippen LogP contribution in [0, 0.1) is 10.1 Å². The first-order chi connectivity index (χ1) is 10.8. The van der Waals surface area contributed by atoms with E-state index in [1.165, 1.54) is 24.3 Å². The number of quaternary nitrogens is 1. The van der Waals surface area contributed by atoms with Gasteiger partial charge in [-0.25, -0.2) is 0 Å². The van der Waals surface area contributed by atoms with E-state index in [9.17, 15) is 14.9 Å². The number of carbonyl (C=O) groups excluding carboxylic acids is 1. The van der Waals surface area contributed by atoms with Gasteiger partial charge in [0, 0.05) is 17.7 Å². The number of ether oxygens (including phenoxy) is 1. The van der Waals surface area contributed by atoms with Gasteiger partial charge in [-0.2, -0.15) is 0 Å². The van der Waals surface area contributed by atoms with Crippen LogP contribution in [-0.2, 0) is 4.74 Å². The molecule has 1 amide bonds. The number of nitrogens with zero attached hydrogens (tertiary/aromatic N) is 1. The van der Waals surface area contributed by atoms with Gasteiger partial charge in [0.15, 0.2) is 0 Å². The predicted octanol–water partition coefficient (Wildman–Crippen LogP) is 0.936. The average molecular weight is 384 g/mol. The van der Waals surface area contributed by atoms with Gasteiger partial charge >= 0.3 is 0 Å². The minimum absolute atomic E-state index is 0.131. The van der Waals surface area contributed by atoms with E-state index in [2.05, 4.69) is 5.32 Å². The second kappa shape index (κ2) is 7.63. The largest absolute Gasteiger partial charge is 0.370 e. The zero-order chi connectivity index (χ0) is 17.0. The summed E-state index contributed by atoms with van der Waals surface area (Å²) >= 11 is 18.0. The predicted molar refractivity (Wildman–Crippen MR) is 86.2 cm³/mol. The van der Waals surface area contributed by atoms with Crippen molar-refractivity contribution in [2.75, 3.05) is 26.3 Å². The lowest BCUT2D eigenvalue weighted by Crippen LogP contribution is -3.21. The van der Waals surface area contributed by atoms with Crippen LogP contribution >= 0.6 is 34.8 Å². The minimum atomic E-state index is -1.72. The van der Waals surface area contributed by atoms with Gasteiger partial charge in [-0.15, -0.1) is 0 Å². The highest BCUT2D eigenvalue weighted by Crippen LogP contribution is 2.28. The van der Waals surface area contributed by atoms with Gasteiger partial charge in [0.1, 0.15) is 13.1 Å². The molecule has 0 aromatic heterocycles. The van der Waals surface area contributed by atoms with Crippen LogP contribution in [0.1, 0.15) is 10.4 Å². The van der Waals surface area contributed by atoms with Crippen molar-refractivity contribution in [3.8, 4) is 0 Å². The Morgan fingerprint density at radius 3 is 2.57 bits per heavy atom. The third-order valence-electron chi connectivity index (χ3n) is 3.47. The first kappa shape index (κ1) is 18.2. The molecule has 7 nitrogen and oxygen atoms in total. The molecule has 1 aromatic rings. The number of rotatable bonds is 4. The Hall–Kier alpha value is -1.12. The van der Waals surface area contributed by atoms with Crippen LogP contribution in [-0.4, -0.2) is 47.1 Å². The van der Waals surface area contributed by atoms with E-state index in [0.29, 0.717) is 26.3 Å². The molecule has 0 spiro atoms. The van der Waals surface area contributed by atoms with Crippen molar-refractivity contribution < 1.29 is 19.4 Å². The number of nitro groups is 1. The molecule has 2 N–H and O–H groups in total. The number of nitro benzene ring substituents is 1. The molecule has 0 saturated carbocycles. The molecule has 126 valence electrons. The molecular weight excluding hydrogens is 369 g/mol.